The number of anilines is 1. The van der Waals surface area contributed by atoms with E-state index in [0.29, 0.717) is 54.5 Å². The Morgan fingerprint density at radius 3 is 2.75 bits per heavy atom. The molecular weight excluding hydrogens is 351 g/mol. The second-order valence-electron chi connectivity index (χ2n) is 7.02. The van der Waals surface area contributed by atoms with E-state index in [1.807, 2.05) is 0 Å². The van der Waals surface area contributed by atoms with E-state index in [1.54, 1.807) is 17.0 Å². The van der Waals surface area contributed by atoms with Gasteiger partial charge in [-0.05, 0) is 43.4 Å². The number of hydrogen-bond acceptors (Lipinski definition) is 3. The van der Waals surface area contributed by atoms with Gasteiger partial charge in [0.1, 0.15) is 0 Å². The second kappa shape index (κ2) is 5.61. The highest BCUT2D eigenvalue weighted by molar-refractivity contribution is 6.42. The van der Waals surface area contributed by atoms with E-state index < -0.39 is 5.41 Å². The molecule has 1 saturated carbocycles. The van der Waals surface area contributed by atoms with Crippen LogP contribution in [0.1, 0.15) is 31.2 Å². The fourth-order valence-corrected chi connectivity index (χ4v) is 4.58. The van der Waals surface area contributed by atoms with E-state index in [1.165, 1.54) is 0 Å². The third-order valence-corrected chi connectivity index (χ3v) is 6.32. The molecule has 1 aromatic carbocycles. The van der Waals surface area contributed by atoms with Crippen LogP contribution in [0.25, 0.3) is 0 Å². The summed E-state index contributed by atoms with van der Waals surface area (Å²) in [6.07, 6.45) is 2.10. The van der Waals surface area contributed by atoms with Crippen molar-refractivity contribution in [1.29, 1.82) is 0 Å². The summed E-state index contributed by atoms with van der Waals surface area (Å²) in [5.41, 5.74) is 0.764. The predicted molar refractivity (Wildman–Crippen MR) is 91.3 cm³/mol. The number of amides is 2. The molecular formula is C17H18Cl2N2O3. The summed E-state index contributed by atoms with van der Waals surface area (Å²) in [5, 5.41) is 13.4. The summed E-state index contributed by atoms with van der Waals surface area (Å²) in [5.74, 6) is -0.185. The predicted octanol–water partition coefficient (Wildman–Crippen LogP) is 2.58. The van der Waals surface area contributed by atoms with Crippen LogP contribution in [-0.4, -0.2) is 41.0 Å². The maximum atomic E-state index is 12.7. The molecule has 1 aliphatic carbocycles. The number of rotatable bonds is 1. The van der Waals surface area contributed by atoms with Crippen molar-refractivity contribution in [2.45, 2.75) is 37.2 Å². The zero-order chi connectivity index (χ0) is 17.1. The van der Waals surface area contributed by atoms with E-state index in [0.717, 1.165) is 5.56 Å². The second-order valence-corrected chi connectivity index (χ2v) is 7.84. The molecule has 2 heterocycles. The molecule has 24 heavy (non-hydrogen) atoms. The van der Waals surface area contributed by atoms with Gasteiger partial charge in [0.15, 0.2) is 0 Å². The lowest BCUT2D eigenvalue weighted by Crippen LogP contribution is -2.40. The topological polar surface area (TPSA) is 69.6 Å². The van der Waals surface area contributed by atoms with Gasteiger partial charge < -0.3 is 15.3 Å². The fourth-order valence-electron chi connectivity index (χ4n) is 4.25. The number of benzene rings is 1. The molecule has 2 fully saturated rings. The Hall–Kier alpha value is -1.30. The number of likely N-dealkylation sites (tertiary alicyclic amines) is 1. The van der Waals surface area contributed by atoms with Crippen LogP contribution in [0.5, 0.6) is 0 Å². The SMILES string of the molecule is O=C(C1CCC(O)C1)N1CC[C@]2(C1)C(=O)Nc1cc(Cl)c(Cl)cc12. The van der Waals surface area contributed by atoms with E-state index in [2.05, 4.69) is 5.32 Å². The Morgan fingerprint density at radius 2 is 2.04 bits per heavy atom. The molecule has 0 aromatic heterocycles. The summed E-state index contributed by atoms with van der Waals surface area (Å²) < 4.78 is 0. The number of nitrogens with one attached hydrogen (secondary N) is 1. The number of aliphatic hydroxyl groups is 1. The van der Waals surface area contributed by atoms with Gasteiger partial charge in [0.25, 0.3) is 0 Å². The van der Waals surface area contributed by atoms with Gasteiger partial charge in [-0.3, -0.25) is 9.59 Å². The lowest BCUT2D eigenvalue weighted by atomic mass is 9.81. The van der Waals surface area contributed by atoms with Crippen LogP contribution in [0.4, 0.5) is 5.69 Å². The normalized spacial score (nSPS) is 31.6. The molecule has 2 unspecified atom stereocenters. The molecule has 0 radical (unpaired) electrons. The molecule has 3 atom stereocenters. The maximum Gasteiger partial charge on any atom is 0.237 e. The van der Waals surface area contributed by atoms with Crippen LogP contribution in [-0.2, 0) is 15.0 Å². The van der Waals surface area contributed by atoms with Gasteiger partial charge in [0.05, 0.1) is 21.6 Å². The quantitative estimate of drug-likeness (QED) is 0.800. The Balaban J connectivity index is 1.61. The lowest BCUT2D eigenvalue weighted by Gasteiger charge is -2.24. The smallest absolute Gasteiger partial charge is 0.237 e. The van der Waals surface area contributed by atoms with Gasteiger partial charge in [0, 0.05) is 24.7 Å². The van der Waals surface area contributed by atoms with E-state index >= 15 is 0 Å². The van der Waals surface area contributed by atoms with Crippen molar-refractivity contribution >= 4 is 40.7 Å². The largest absolute Gasteiger partial charge is 0.393 e. The van der Waals surface area contributed by atoms with Crippen molar-refractivity contribution < 1.29 is 14.7 Å². The first-order valence-corrected chi connectivity index (χ1v) is 8.94. The van der Waals surface area contributed by atoms with Crippen molar-refractivity contribution in [1.82, 2.24) is 4.90 Å². The molecule has 1 aromatic rings. The van der Waals surface area contributed by atoms with Crippen molar-refractivity contribution in [3.05, 3.63) is 27.7 Å². The Labute approximate surface area is 149 Å². The van der Waals surface area contributed by atoms with Crippen LogP contribution in [0.2, 0.25) is 10.0 Å². The molecule has 7 heteroatoms. The van der Waals surface area contributed by atoms with Gasteiger partial charge in [0.2, 0.25) is 11.8 Å². The number of hydrogen-bond donors (Lipinski definition) is 2. The van der Waals surface area contributed by atoms with Crippen molar-refractivity contribution in [3.63, 3.8) is 0 Å². The molecule has 2 N–H and O–H groups in total. The maximum absolute atomic E-state index is 12.7. The molecule has 128 valence electrons. The molecule has 5 nitrogen and oxygen atoms in total. The van der Waals surface area contributed by atoms with Crippen LogP contribution in [0.3, 0.4) is 0 Å². The number of nitrogens with zero attached hydrogens (tertiary/aromatic N) is 1. The molecule has 1 saturated heterocycles. The van der Waals surface area contributed by atoms with Crippen LogP contribution < -0.4 is 5.32 Å². The number of fused-ring (bicyclic) bond motifs is 2. The Morgan fingerprint density at radius 1 is 1.29 bits per heavy atom. The molecule has 4 rings (SSSR count). The first-order chi connectivity index (χ1) is 11.4. The summed E-state index contributed by atoms with van der Waals surface area (Å²) >= 11 is 12.2. The number of carbonyl (C=O) groups is 2. The summed E-state index contributed by atoms with van der Waals surface area (Å²) in [7, 11) is 0. The first-order valence-electron chi connectivity index (χ1n) is 8.18. The number of carbonyl (C=O) groups excluding carboxylic acids is 2. The van der Waals surface area contributed by atoms with Gasteiger partial charge in [-0.1, -0.05) is 23.2 Å². The molecule has 2 amide bonds. The molecule has 2 aliphatic heterocycles. The highest BCUT2D eigenvalue weighted by atomic mass is 35.5. The minimum absolute atomic E-state index is 0.0461. The van der Waals surface area contributed by atoms with Crippen molar-refractivity contribution in [3.8, 4) is 0 Å². The Bertz CT molecular complexity index is 739. The Kier molecular flexibility index (Phi) is 3.79. The summed E-state index contributed by atoms with van der Waals surface area (Å²) in [4.78, 5) is 27.1. The van der Waals surface area contributed by atoms with Crippen molar-refractivity contribution in [2.75, 3.05) is 18.4 Å². The van der Waals surface area contributed by atoms with Crippen LogP contribution in [0.15, 0.2) is 12.1 Å². The van der Waals surface area contributed by atoms with Crippen LogP contribution >= 0.6 is 23.2 Å². The molecule has 0 bridgehead atoms. The third kappa shape index (κ3) is 2.33. The van der Waals surface area contributed by atoms with Gasteiger partial charge in [-0.25, -0.2) is 0 Å². The van der Waals surface area contributed by atoms with E-state index in [9.17, 15) is 14.7 Å². The molecule has 1 spiro atoms. The highest BCUT2D eigenvalue weighted by Gasteiger charge is 2.53. The zero-order valence-electron chi connectivity index (χ0n) is 13.0. The first kappa shape index (κ1) is 16.2. The van der Waals surface area contributed by atoms with E-state index in [-0.39, 0.29) is 23.8 Å². The standard InChI is InChI=1S/C17H18Cl2N2O3/c18-12-6-11-14(7-13(12)19)20-16(24)17(11)3-4-21(8-17)15(23)9-1-2-10(22)5-9/h6-7,9-10,22H,1-5,8H2,(H,20,24)/t9?,10?,17-/m1/s1. The van der Waals surface area contributed by atoms with Gasteiger partial charge in [-0.2, -0.15) is 0 Å². The average molecular weight is 369 g/mol. The van der Waals surface area contributed by atoms with E-state index in [4.69, 9.17) is 23.2 Å². The van der Waals surface area contributed by atoms with Gasteiger partial charge >= 0.3 is 0 Å². The summed E-state index contributed by atoms with van der Waals surface area (Å²) in [6.45, 7) is 0.897. The number of aliphatic hydroxyl groups excluding tert-OH is 1. The third-order valence-electron chi connectivity index (χ3n) is 5.59. The monoisotopic (exact) mass is 368 g/mol. The van der Waals surface area contributed by atoms with Crippen LogP contribution in [0, 0.1) is 5.92 Å². The highest BCUT2D eigenvalue weighted by Crippen LogP contribution is 2.47. The average Bonchev–Trinajstić information content (AvgIpc) is 3.22. The summed E-state index contributed by atoms with van der Waals surface area (Å²) in [6, 6.07) is 3.41. The zero-order valence-corrected chi connectivity index (χ0v) is 14.5. The minimum atomic E-state index is -0.740. The molecule has 3 aliphatic rings. The number of halogens is 2. The minimum Gasteiger partial charge on any atom is -0.393 e. The van der Waals surface area contributed by atoms with Gasteiger partial charge in [-0.15, -0.1) is 0 Å². The fraction of sp³-hybridized carbons (Fsp3) is 0.529. The van der Waals surface area contributed by atoms with Crippen molar-refractivity contribution in [2.24, 2.45) is 5.92 Å². The lowest BCUT2D eigenvalue weighted by molar-refractivity contribution is -0.134.